The number of likely N-dealkylation sites (tertiary alicyclic amines) is 2. The average Bonchev–Trinajstić information content (AvgIpc) is 3.92. The van der Waals surface area contributed by atoms with Gasteiger partial charge in [0.2, 0.25) is 0 Å². The predicted octanol–water partition coefficient (Wildman–Crippen LogP) is 4.69. The van der Waals surface area contributed by atoms with Gasteiger partial charge in [0.05, 0.1) is 32.7 Å². The zero-order chi connectivity index (χ0) is 34.0. The molecule has 4 aliphatic rings. The van der Waals surface area contributed by atoms with Crippen molar-refractivity contribution in [1.82, 2.24) is 39.1 Å². The third-order valence-electron chi connectivity index (χ3n) is 11.7. The number of morpholine rings is 1. The van der Waals surface area contributed by atoms with E-state index in [0.717, 1.165) is 63.6 Å². The van der Waals surface area contributed by atoms with Crippen LogP contribution in [0.2, 0.25) is 0 Å². The Morgan fingerprint density at radius 3 is 2.44 bits per heavy atom. The van der Waals surface area contributed by atoms with Crippen LogP contribution in [0.1, 0.15) is 80.6 Å². The highest BCUT2D eigenvalue weighted by Gasteiger charge is 2.41. The number of imidazole rings is 2. The SMILES string of the molecule is O=C(CCn1ccnc1CN(Cc1ccc(CN2CCC3(CCN(C4CCCCC4)CC3)C2)cc1)Cc1ncc[nH]1)OCCN1CCOCC1. The van der Waals surface area contributed by atoms with Gasteiger partial charge < -0.3 is 23.9 Å². The molecule has 0 radical (unpaired) electrons. The van der Waals surface area contributed by atoms with Crippen molar-refractivity contribution in [2.24, 2.45) is 5.41 Å². The second-order valence-electron chi connectivity index (χ2n) is 15.2. The van der Waals surface area contributed by atoms with Crippen LogP contribution in [0, 0.1) is 5.41 Å². The third kappa shape index (κ3) is 9.82. The molecule has 3 aliphatic heterocycles. The molecule has 11 heteroatoms. The minimum absolute atomic E-state index is 0.172. The highest BCUT2D eigenvalue weighted by molar-refractivity contribution is 5.69. The molecule has 272 valence electrons. The number of nitrogens with zero attached hydrogens (tertiary/aromatic N) is 7. The normalized spacial score (nSPS) is 21.0. The summed E-state index contributed by atoms with van der Waals surface area (Å²) in [7, 11) is 0. The van der Waals surface area contributed by atoms with Gasteiger partial charge in [-0.3, -0.25) is 19.5 Å². The van der Waals surface area contributed by atoms with Gasteiger partial charge in [0.1, 0.15) is 18.3 Å². The monoisotopic (exact) mass is 686 g/mol. The van der Waals surface area contributed by atoms with Crippen molar-refractivity contribution in [3.63, 3.8) is 0 Å². The molecule has 0 amide bonds. The summed E-state index contributed by atoms with van der Waals surface area (Å²) in [6.45, 7) is 13.3. The molecule has 0 bridgehead atoms. The number of rotatable bonds is 15. The first kappa shape index (κ1) is 35.3. The standard InChI is InChI=1S/C39H58N8O3/c48-38(50-27-24-43-22-25-49-26-23-43)10-17-47-21-16-42-37(47)31-45(30-36-40-14-15-41-36)29-34-8-6-33(7-9-34)28-44-18-11-39(32-44)12-19-46(20-13-39)35-4-2-1-3-5-35/h6-9,14-16,21,35H,1-5,10-13,17-20,22-32H2,(H,40,41). The van der Waals surface area contributed by atoms with Crippen LogP contribution in [0.3, 0.4) is 0 Å². The molecule has 1 aliphatic carbocycles. The Morgan fingerprint density at radius 2 is 1.66 bits per heavy atom. The highest BCUT2D eigenvalue weighted by atomic mass is 16.5. The number of aromatic amines is 1. The van der Waals surface area contributed by atoms with Gasteiger partial charge in [-0.25, -0.2) is 9.97 Å². The number of esters is 1. The van der Waals surface area contributed by atoms with E-state index in [1.54, 1.807) is 6.20 Å². The summed E-state index contributed by atoms with van der Waals surface area (Å²) in [5, 5.41) is 0. The molecule has 2 aromatic heterocycles. The van der Waals surface area contributed by atoms with E-state index in [9.17, 15) is 4.79 Å². The van der Waals surface area contributed by atoms with E-state index in [-0.39, 0.29) is 5.97 Å². The fourth-order valence-electron chi connectivity index (χ4n) is 8.70. The van der Waals surface area contributed by atoms with Crippen LogP contribution in [0.15, 0.2) is 49.1 Å². The number of aryl methyl sites for hydroxylation is 1. The van der Waals surface area contributed by atoms with Gasteiger partial charge in [-0.15, -0.1) is 0 Å². The Bertz CT molecular complexity index is 1440. The Labute approximate surface area is 298 Å². The van der Waals surface area contributed by atoms with E-state index in [4.69, 9.17) is 9.47 Å². The molecular formula is C39H58N8O3. The average molecular weight is 687 g/mol. The summed E-state index contributed by atoms with van der Waals surface area (Å²) in [5.41, 5.74) is 3.21. The third-order valence-corrected chi connectivity index (χ3v) is 11.7. The fourth-order valence-corrected chi connectivity index (χ4v) is 8.70. The van der Waals surface area contributed by atoms with Gasteiger partial charge in [0, 0.05) is 76.6 Å². The molecule has 0 atom stereocenters. The summed E-state index contributed by atoms with van der Waals surface area (Å²) in [6.07, 6.45) is 19.0. The predicted molar refractivity (Wildman–Crippen MR) is 193 cm³/mol. The second-order valence-corrected chi connectivity index (χ2v) is 15.2. The molecule has 50 heavy (non-hydrogen) atoms. The molecule has 7 rings (SSSR count). The van der Waals surface area contributed by atoms with E-state index in [1.165, 1.54) is 88.7 Å². The van der Waals surface area contributed by atoms with Crippen LogP contribution in [-0.2, 0) is 47.0 Å². The topological polar surface area (TPSA) is 95.0 Å². The van der Waals surface area contributed by atoms with Gasteiger partial charge in [0.15, 0.2) is 0 Å². The van der Waals surface area contributed by atoms with Crippen LogP contribution in [0.25, 0.3) is 0 Å². The Morgan fingerprint density at radius 1 is 0.880 bits per heavy atom. The maximum atomic E-state index is 12.5. The number of carbonyl (C=O) groups is 1. The molecule has 1 spiro atoms. The number of aromatic nitrogens is 4. The Hall–Kier alpha value is -3.09. The highest BCUT2D eigenvalue weighted by Crippen LogP contribution is 2.42. The van der Waals surface area contributed by atoms with Crippen molar-refractivity contribution in [2.75, 3.05) is 65.6 Å². The molecule has 1 aromatic carbocycles. The van der Waals surface area contributed by atoms with Gasteiger partial charge in [-0.1, -0.05) is 43.5 Å². The smallest absolute Gasteiger partial charge is 0.307 e. The first-order chi connectivity index (χ1) is 24.6. The number of hydrogen-bond donors (Lipinski definition) is 1. The lowest BCUT2D eigenvalue weighted by Crippen LogP contribution is -2.46. The van der Waals surface area contributed by atoms with Crippen LogP contribution in [-0.4, -0.2) is 117 Å². The van der Waals surface area contributed by atoms with Crippen molar-refractivity contribution in [3.05, 3.63) is 71.8 Å². The number of piperidine rings is 1. The van der Waals surface area contributed by atoms with Crippen molar-refractivity contribution in [2.45, 2.75) is 96.6 Å². The van der Waals surface area contributed by atoms with Crippen molar-refractivity contribution >= 4 is 5.97 Å². The van der Waals surface area contributed by atoms with E-state index in [1.807, 2.05) is 18.6 Å². The van der Waals surface area contributed by atoms with Crippen LogP contribution in [0.5, 0.6) is 0 Å². The van der Waals surface area contributed by atoms with E-state index in [2.05, 4.69) is 63.4 Å². The molecular weight excluding hydrogens is 628 g/mol. The van der Waals surface area contributed by atoms with Gasteiger partial charge >= 0.3 is 5.97 Å². The summed E-state index contributed by atoms with van der Waals surface area (Å²) in [4.78, 5) is 35.1. The van der Waals surface area contributed by atoms with Crippen molar-refractivity contribution in [3.8, 4) is 0 Å². The minimum Gasteiger partial charge on any atom is -0.464 e. The maximum Gasteiger partial charge on any atom is 0.307 e. The van der Waals surface area contributed by atoms with Crippen LogP contribution < -0.4 is 0 Å². The van der Waals surface area contributed by atoms with E-state index in [0.29, 0.717) is 38.1 Å². The zero-order valence-corrected chi connectivity index (χ0v) is 30.0. The molecule has 3 saturated heterocycles. The summed E-state index contributed by atoms with van der Waals surface area (Å²) in [5.74, 6) is 1.69. The first-order valence-corrected chi connectivity index (χ1v) is 19.3. The fraction of sp³-hybridized carbons (Fsp3) is 0.667. The van der Waals surface area contributed by atoms with Crippen LogP contribution >= 0.6 is 0 Å². The number of H-pyrrole nitrogens is 1. The molecule has 1 saturated carbocycles. The lowest BCUT2D eigenvalue weighted by atomic mass is 9.77. The van der Waals surface area contributed by atoms with Gasteiger partial charge in [-0.2, -0.15) is 0 Å². The molecule has 0 unspecified atom stereocenters. The molecule has 4 fully saturated rings. The second kappa shape index (κ2) is 17.4. The Balaban J connectivity index is 0.886. The quantitative estimate of drug-likeness (QED) is 0.229. The van der Waals surface area contributed by atoms with Gasteiger partial charge in [0.25, 0.3) is 0 Å². The minimum atomic E-state index is -0.172. The lowest BCUT2D eigenvalue weighted by molar-refractivity contribution is -0.144. The number of nitrogens with one attached hydrogen (secondary N) is 1. The number of ether oxygens (including phenoxy) is 2. The van der Waals surface area contributed by atoms with E-state index >= 15 is 0 Å². The summed E-state index contributed by atoms with van der Waals surface area (Å²) in [6, 6.07) is 10.1. The first-order valence-electron chi connectivity index (χ1n) is 19.3. The maximum absolute atomic E-state index is 12.5. The van der Waals surface area contributed by atoms with Crippen molar-refractivity contribution in [1.29, 1.82) is 0 Å². The van der Waals surface area contributed by atoms with E-state index < -0.39 is 0 Å². The molecule has 5 heterocycles. The molecule has 3 aromatic rings. The number of benzene rings is 1. The van der Waals surface area contributed by atoms with Crippen molar-refractivity contribution < 1.29 is 14.3 Å². The molecule has 11 nitrogen and oxygen atoms in total. The summed E-state index contributed by atoms with van der Waals surface area (Å²) < 4.78 is 13.0. The Kier molecular flexibility index (Phi) is 12.3. The number of carbonyl (C=O) groups excluding carboxylic acids is 1. The van der Waals surface area contributed by atoms with Gasteiger partial charge in [-0.05, 0) is 68.3 Å². The zero-order valence-electron chi connectivity index (χ0n) is 30.0. The molecule has 1 N–H and O–H groups in total. The van der Waals surface area contributed by atoms with Crippen LogP contribution in [0.4, 0.5) is 0 Å². The largest absolute Gasteiger partial charge is 0.464 e. The summed E-state index contributed by atoms with van der Waals surface area (Å²) >= 11 is 0. The lowest BCUT2D eigenvalue weighted by Gasteiger charge is -2.43. The number of hydrogen-bond acceptors (Lipinski definition) is 9.